The first-order valence-electron chi connectivity index (χ1n) is 9.33. The van der Waals surface area contributed by atoms with Crippen molar-refractivity contribution >= 4 is 10.0 Å². The first-order chi connectivity index (χ1) is 12.8. The van der Waals surface area contributed by atoms with Gasteiger partial charge in [0.15, 0.2) is 0 Å². The Balaban J connectivity index is 2.04. The summed E-state index contributed by atoms with van der Waals surface area (Å²) >= 11 is 0. The third kappa shape index (κ3) is 2.80. The Hall–Kier alpha value is -1.70. The van der Waals surface area contributed by atoms with Crippen LogP contribution in [-0.2, 0) is 27.6 Å². The van der Waals surface area contributed by atoms with E-state index in [1.54, 1.807) is 6.08 Å². The Bertz CT molecular complexity index is 932. The summed E-state index contributed by atoms with van der Waals surface area (Å²) < 4.78 is 92.4. The van der Waals surface area contributed by atoms with E-state index in [2.05, 4.69) is 0 Å². The molecule has 0 aromatic carbocycles. The summed E-state index contributed by atoms with van der Waals surface area (Å²) in [4.78, 5) is 0. The third-order valence-corrected chi connectivity index (χ3v) is 7.43. The van der Waals surface area contributed by atoms with Crippen LogP contribution in [0.1, 0.15) is 35.1 Å². The molecular weight excluding hydrogens is 355 g/mol. The molecule has 0 fully saturated rings. The lowest BCUT2D eigenvalue weighted by Gasteiger charge is -2.33. The number of rotatable bonds is 3. The summed E-state index contributed by atoms with van der Waals surface area (Å²) in [5, 5.41) is 0. The predicted molar refractivity (Wildman–Crippen MR) is 87.6 cm³/mol. The third-order valence-electron chi connectivity index (χ3n) is 5.06. The van der Waals surface area contributed by atoms with Crippen LogP contribution in [0.5, 0.6) is 0 Å². The Labute approximate surface area is 149 Å². The molecule has 1 aromatic rings. The van der Waals surface area contributed by atoms with Crippen molar-refractivity contribution in [2.24, 2.45) is 5.92 Å². The van der Waals surface area contributed by atoms with Gasteiger partial charge >= 0.3 is 6.18 Å². The molecule has 0 N–H and O–H groups in total. The first-order valence-corrected chi connectivity index (χ1v) is 9.27. The lowest BCUT2D eigenvalue weighted by atomic mass is 9.88. The summed E-state index contributed by atoms with van der Waals surface area (Å²) in [7, 11) is -7.15. The Morgan fingerprint density at radius 1 is 1.44 bits per heavy atom. The van der Waals surface area contributed by atoms with Crippen molar-refractivity contribution in [3.05, 3.63) is 47.5 Å². The molecule has 0 saturated heterocycles. The summed E-state index contributed by atoms with van der Waals surface area (Å²) in [6.07, 6.45) is 0.687. The zero-order chi connectivity index (χ0) is 21.0. The lowest BCUT2D eigenvalue weighted by Crippen LogP contribution is -2.43. The van der Waals surface area contributed by atoms with Crippen LogP contribution in [0.4, 0.5) is 13.2 Å². The Morgan fingerprint density at radius 3 is 2.88 bits per heavy atom. The van der Waals surface area contributed by atoms with Gasteiger partial charge < -0.3 is 4.74 Å². The van der Waals surface area contributed by atoms with Crippen LogP contribution < -0.4 is 0 Å². The predicted octanol–water partition coefficient (Wildman–Crippen LogP) is 3.58. The Kier molecular flexibility index (Phi) is 3.43. The van der Waals surface area contributed by atoms with Crippen LogP contribution in [-0.4, -0.2) is 30.4 Å². The molecule has 0 bridgehead atoms. The fourth-order valence-electron chi connectivity index (χ4n) is 3.42. The lowest BCUT2D eigenvalue weighted by molar-refractivity contribution is -0.177. The molecular formula is C17H20F3NO3S. The molecule has 0 spiro atoms. The standard InChI is InChI=1S/C17H20F3NO3S/c1-16(9-4-3-5-15(16)24-2)25(22,23)21-10-8-12-6-7-13(11-14(12)21)17(18,19)20/h3-5,8,10,13H,6-7,9,11H2,1-2H3/i2D3. The molecule has 2 aliphatic rings. The Morgan fingerprint density at radius 2 is 2.20 bits per heavy atom. The summed E-state index contributed by atoms with van der Waals surface area (Å²) in [6, 6.07) is 1.51. The number of methoxy groups -OCH3 is 1. The maximum Gasteiger partial charge on any atom is 0.392 e. The zero-order valence-electron chi connectivity index (χ0n) is 16.5. The molecule has 0 saturated carbocycles. The number of ether oxygens (including phenoxy) is 1. The van der Waals surface area contributed by atoms with Crippen LogP contribution in [0, 0.1) is 5.92 Å². The molecule has 8 heteroatoms. The molecule has 0 radical (unpaired) electrons. The maximum absolute atomic E-state index is 13.4. The highest BCUT2D eigenvalue weighted by molar-refractivity contribution is 7.91. The quantitative estimate of drug-likeness (QED) is 0.808. The van der Waals surface area contributed by atoms with Crippen molar-refractivity contribution in [1.29, 1.82) is 0 Å². The highest BCUT2D eigenvalue weighted by Gasteiger charge is 2.48. The fraction of sp³-hybridized carbons (Fsp3) is 0.529. The van der Waals surface area contributed by atoms with Crippen LogP contribution in [0.25, 0.3) is 0 Å². The van der Waals surface area contributed by atoms with E-state index in [-0.39, 0.29) is 30.7 Å². The molecule has 3 rings (SSSR count). The minimum absolute atomic E-state index is 0.0626. The minimum atomic E-state index is -4.41. The van der Waals surface area contributed by atoms with E-state index in [9.17, 15) is 21.6 Å². The van der Waals surface area contributed by atoms with Crippen LogP contribution >= 0.6 is 0 Å². The van der Waals surface area contributed by atoms with Gasteiger partial charge in [0.05, 0.1) is 17.1 Å². The average molecular weight is 378 g/mol. The molecule has 0 aliphatic heterocycles. The SMILES string of the molecule is [2H]C([2H])([2H])OC1=CC=CCC1(C)S(=O)(=O)n1ccc2c1CC(C(F)(F)F)CC2. The van der Waals surface area contributed by atoms with Crippen molar-refractivity contribution in [1.82, 2.24) is 3.97 Å². The molecule has 138 valence electrons. The van der Waals surface area contributed by atoms with Crippen LogP contribution in [0.2, 0.25) is 0 Å². The molecule has 2 unspecified atom stereocenters. The van der Waals surface area contributed by atoms with Gasteiger partial charge in [0.25, 0.3) is 10.0 Å². The van der Waals surface area contributed by atoms with Gasteiger partial charge in [-0.1, -0.05) is 12.2 Å². The molecule has 2 atom stereocenters. The van der Waals surface area contributed by atoms with E-state index >= 15 is 0 Å². The van der Waals surface area contributed by atoms with Gasteiger partial charge in [0.2, 0.25) is 0 Å². The molecule has 0 amide bonds. The second-order valence-corrected chi connectivity index (χ2v) is 8.81. The fourth-order valence-corrected chi connectivity index (χ4v) is 5.23. The van der Waals surface area contributed by atoms with E-state index in [4.69, 9.17) is 8.85 Å². The largest absolute Gasteiger partial charge is 0.499 e. The van der Waals surface area contributed by atoms with Crippen molar-refractivity contribution in [2.45, 2.75) is 43.5 Å². The van der Waals surface area contributed by atoms with Crippen molar-refractivity contribution in [2.75, 3.05) is 7.04 Å². The van der Waals surface area contributed by atoms with E-state index in [1.807, 2.05) is 0 Å². The number of fused-ring (bicyclic) bond motifs is 1. The van der Waals surface area contributed by atoms with Crippen LogP contribution in [0.15, 0.2) is 36.3 Å². The van der Waals surface area contributed by atoms with Crippen molar-refractivity contribution in [3.8, 4) is 0 Å². The highest BCUT2D eigenvalue weighted by Crippen LogP contribution is 2.41. The zero-order valence-corrected chi connectivity index (χ0v) is 14.3. The van der Waals surface area contributed by atoms with E-state index in [0.29, 0.717) is 5.56 Å². The van der Waals surface area contributed by atoms with Gasteiger partial charge in [-0.15, -0.1) is 0 Å². The number of hydrogen-bond acceptors (Lipinski definition) is 3. The summed E-state index contributed by atoms with van der Waals surface area (Å²) in [5.41, 5.74) is 0.652. The number of hydrogen-bond donors (Lipinski definition) is 0. The van der Waals surface area contributed by atoms with Gasteiger partial charge in [-0.25, -0.2) is 12.4 Å². The van der Waals surface area contributed by atoms with Gasteiger partial charge in [0.1, 0.15) is 10.5 Å². The monoisotopic (exact) mass is 378 g/mol. The van der Waals surface area contributed by atoms with Gasteiger partial charge in [-0.2, -0.15) is 13.2 Å². The van der Waals surface area contributed by atoms with E-state index in [0.717, 1.165) is 3.97 Å². The minimum Gasteiger partial charge on any atom is -0.499 e. The van der Waals surface area contributed by atoms with Crippen molar-refractivity contribution in [3.63, 3.8) is 0 Å². The van der Waals surface area contributed by atoms with Gasteiger partial charge in [-0.05, 0) is 43.9 Å². The topological polar surface area (TPSA) is 48.3 Å². The first kappa shape index (κ1) is 14.5. The summed E-state index contributed by atoms with van der Waals surface area (Å²) in [5.74, 6) is -1.88. The normalized spacial score (nSPS) is 29.2. The van der Waals surface area contributed by atoms with E-state index in [1.165, 1.54) is 31.3 Å². The van der Waals surface area contributed by atoms with Crippen LogP contribution in [0.3, 0.4) is 0 Å². The highest BCUT2D eigenvalue weighted by atomic mass is 32.2. The number of nitrogens with zero attached hydrogens (tertiary/aromatic N) is 1. The smallest absolute Gasteiger partial charge is 0.392 e. The summed E-state index contributed by atoms with van der Waals surface area (Å²) in [6.45, 7) is 1.32. The molecule has 2 aliphatic carbocycles. The van der Waals surface area contributed by atoms with Crippen molar-refractivity contribution < 1.29 is 30.4 Å². The maximum atomic E-state index is 13.4. The molecule has 1 heterocycles. The number of halogens is 3. The number of allylic oxidation sites excluding steroid dienone is 3. The van der Waals surface area contributed by atoms with Gasteiger partial charge in [-0.3, -0.25) is 0 Å². The number of alkyl halides is 3. The second-order valence-electron chi connectivity index (χ2n) is 6.57. The molecule has 4 nitrogen and oxygen atoms in total. The van der Waals surface area contributed by atoms with E-state index < -0.39 is 40.3 Å². The number of aromatic nitrogens is 1. The second kappa shape index (κ2) is 5.93. The average Bonchev–Trinajstić information content (AvgIpc) is 2.98. The molecule has 1 aromatic heterocycles. The molecule has 25 heavy (non-hydrogen) atoms. The number of aryl methyl sites for hydroxylation is 1. The van der Waals surface area contributed by atoms with Gasteiger partial charge in [0, 0.05) is 18.3 Å².